The highest BCUT2D eigenvalue weighted by atomic mass is 79.9. The third-order valence-corrected chi connectivity index (χ3v) is 4.05. The fourth-order valence-electron chi connectivity index (χ4n) is 1.46. The fourth-order valence-corrected chi connectivity index (χ4v) is 2.80. The van der Waals surface area contributed by atoms with E-state index in [-0.39, 0.29) is 11.5 Å². The molecule has 0 aliphatic heterocycles. The molecule has 0 aliphatic rings. The Morgan fingerprint density at radius 3 is 2.55 bits per heavy atom. The van der Waals surface area contributed by atoms with Crippen LogP contribution in [0.3, 0.4) is 0 Å². The molecule has 20 heavy (non-hydrogen) atoms. The molecule has 2 aromatic rings. The first-order chi connectivity index (χ1) is 9.54. The Bertz CT molecular complexity index is 620. The highest BCUT2D eigenvalue weighted by molar-refractivity contribution is 9.10. The molecular weight excluding hydrogens is 350 g/mol. The topological polar surface area (TPSA) is 26.3 Å². The number of allylic oxidation sites excluding steroid dienone is 1. The van der Waals surface area contributed by atoms with E-state index in [4.69, 9.17) is 0 Å². The van der Waals surface area contributed by atoms with Gasteiger partial charge in [0.05, 0.1) is 4.88 Å². The zero-order valence-corrected chi connectivity index (χ0v) is 12.5. The van der Waals surface area contributed by atoms with Crippen molar-refractivity contribution in [2.75, 3.05) is 0 Å². The first kappa shape index (κ1) is 14.9. The van der Waals surface area contributed by atoms with Gasteiger partial charge in [-0.15, -0.1) is 11.3 Å². The number of ketones is 1. The molecule has 0 saturated heterocycles. The van der Waals surface area contributed by atoms with E-state index in [1.54, 1.807) is 24.3 Å². The van der Waals surface area contributed by atoms with Crippen LogP contribution in [0.1, 0.15) is 15.2 Å². The highest BCUT2D eigenvalue weighted by Gasteiger charge is 2.05. The maximum atomic E-state index is 12.0. The largest absolute Gasteiger partial charge is 0.435 e. The zero-order chi connectivity index (χ0) is 14.5. The minimum absolute atomic E-state index is 0.0886. The van der Waals surface area contributed by atoms with Gasteiger partial charge in [-0.2, -0.15) is 8.78 Å². The molecule has 0 N–H and O–H groups in total. The number of hydrogen-bond donors (Lipinski definition) is 0. The molecule has 0 aliphatic carbocycles. The Labute approximate surface area is 126 Å². The van der Waals surface area contributed by atoms with Gasteiger partial charge in [-0.3, -0.25) is 4.79 Å². The number of carbonyl (C=O) groups excluding carboxylic acids is 1. The lowest BCUT2D eigenvalue weighted by Crippen LogP contribution is -2.01. The van der Waals surface area contributed by atoms with Gasteiger partial charge in [0, 0.05) is 9.85 Å². The summed E-state index contributed by atoms with van der Waals surface area (Å²) in [6.07, 6.45) is 3.07. The van der Waals surface area contributed by atoms with Crippen LogP contribution in [0.4, 0.5) is 8.78 Å². The van der Waals surface area contributed by atoms with Gasteiger partial charge in [0.25, 0.3) is 0 Å². The monoisotopic (exact) mass is 358 g/mol. The predicted molar refractivity (Wildman–Crippen MR) is 78.5 cm³/mol. The number of carbonyl (C=O) groups is 1. The second-order valence-corrected chi connectivity index (χ2v) is 5.60. The fraction of sp³-hybridized carbons (Fsp3) is 0.0714. The molecule has 0 bridgehead atoms. The van der Waals surface area contributed by atoms with Crippen molar-refractivity contribution in [1.82, 2.24) is 0 Å². The third-order valence-electron chi connectivity index (χ3n) is 2.34. The summed E-state index contributed by atoms with van der Waals surface area (Å²) in [5, 5.41) is 1.83. The van der Waals surface area contributed by atoms with Crippen LogP contribution < -0.4 is 4.74 Å². The van der Waals surface area contributed by atoms with Gasteiger partial charge in [-0.05, 0) is 45.8 Å². The molecule has 0 saturated carbocycles. The molecule has 0 radical (unpaired) electrons. The Kier molecular flexibility index (Phi) is 5.03. The molecule has 0 atom stereocenters. The van der Waals surface area contributed by atoms with Crippen molar-refractivity contribution in [3.05, 3.63) is 56.7 Å². The number of thiophene rings is 1. The number of halogens is 3. The van der Waals surface area contributed by atoms with Crippen molar-refractivity contribution in [2.45, 2.75) is 6.61 Å². The quantitative estimate of drug-likeness (QED) is 0.554. The standard InChI is InChI=1S/C14H9BrF2O2S/c15-10-7-13(20-8-10)12(18)6-3-9-1-4-11(5-2-9)19-14(16)17/h1-8,14H/b6-3+. The van der Waals surface area contributed by atoms with Crippen LogP contribution in [0.2, 0.25) is 0 Å². The predicted octanol–water partition coefficient (Wildman–Crippen LogP) is 5.01. The molecule has 1 heterocycles. The normalized spacial score (nSPS) is 11.2. The number of hydrogen-bond acceptors (Lipinski definition) is 3. The van der Waals surface area contributed by atoms with Gasteiger partial charge in [0.2, 0.25) is 0 Å². The number of rotatable bonds is 5. The summed E-state index contributed by atoms with van der Waals surface area (Å²) < 4.78 is 29.1. The van der Waals surface area contributed by atoms with E-state index < -0.39 is 6.61 Å². The summed E-state index contributed by atoms with van der Waals surface area (Å²) in [5.74, 6) is -0.0146. The van der Waals surface area contributed by atoms with E-state index in [9.17, 15) is 13.6 Å². The molecular formula is C14H9BrF2O2S. The van der Waals surface area contributed by atoms with Gasteiger partial charge < -0.3 is 4.74 Å². The van der Waals surface area contributed by atoms with Crippen molar-refractivity contribution < 1.29 is 18.3 Å². The van der Waals surface area contributed by atoms with Crippen LogP contribution in [-0.2, 0) is 0 Å². The molecule has 2 rings (SSSR count). The summed E-state index contributed by atoms with van der Waals surface area (Å²) >= 11 is 4.63. The summed E-state index contributed by atoms with van der Waals surface area (Å²) in [6, 6.07) is 7.81. The van der Waals surface area contributed by atoms with Crippen LogP contribution in [0, 0.1) is 0 Å². The lowest BCUT2D eigenvalue weighted by molar-refractivity contribution is -0.0498. The van der Waals surface area contributed by atoms with E-state index in [0.717, 1.165) is 10.0 Å². The minimum Gasteiger partial charge on any atom is -0.435 e. The lowest BCUT2D eigenvalue weighted by atomic mass is 10.2. The van der Waals surface area contributed by atoms with Gasteiger partial charge in [-0.25, -0.2) is 0 Å². The van der Waals surface area contributed by atoms with E-state index in [1.807, 2.05) is 5.38 Å². The second-order valence-electron chi connectivity index (χ2n) is 3.77. The van der Waals surface area contributed by atoms with E-state index in [2.05, 4.69) is 20.7 Å². The van der Waals surface area contributed by atoms with Gasteiger partial charge in [-0.1, -0.05) is 18.2 Å². The molecule has 1 aromatic heterocycles. The molecule has 1 aromatic carbocycles. The average Bonchev–Trinajstić information content (AvgIpc) is 2.84. The molecule has 2 nitrogen and oxygen atoms in total. The Morgan fingerprint density at radius 1 is 1.30 bits per heavy atom. The Morgan fingerprint density at radius 2 is 2.00 bits per heavy atom. The molecule has 0 spiro atoms. The first-order valence-electron chi connectivity index (χ1n) is 5.56. The zero-order valence-electron chi connectivity index (χ0n) is 10.1. The lowest BCUT2D eigenvalue weighted by Gasteiger charge is -2.03. The van der Waals surface area contributed by atoms with Crippen LogP contribution in [0.25, 0.3) is 6.08 Å². The Hall–Kier alpha value is -1.53. The average molecular weight is 359 g/mol. The van der Waals surface area contributed by atoms with Crippen molar-refractivity contribution in [3.8, 4) is 5.75 Å². The van der Waals surface area contributed by atoms with Crippen molar-refractivity contribution in [3.63, 3.8) is 0 Å². The summed E-state index contributed by atoms with van der Waals surface area (Å²) in [5.41, 5.74) is 0.732. The SMILES string of the molecule is O=C(/C=C/c1ccc(OC(F)F)cc1)c1cc(Br)cs1. The van der Waals surface area contributed by atoms with E-state index in [0.29, 0.717) is 4.88 Å². The summed E-state index contributed by atoms with van der Waals surface area (Å²) in [7, 11) is 0. The molecule has 0 unspecified atom stereocenters. The highest BCUT2D eigenvalue weighted by Crippen LogP contribution is 2.21. The third kappa shape index (κ3) is 4.25. The molecule has 0 fully saturated rings. The second kappa shape index (κ2) is 6.76. The van der Waals surface area contributed by atoms with Gasteiger partial charge in [0.15, 0.2) is 5.78 Å². The van der Waals surface area contributed by atoms with Crippen LogP contribution in [-0.4, -0.2) is 12.4 Å². The number of benzene rings is 1. The van der Waals surface area contributed by atoms with Crippen molar-refractivity contribution in [2.24, 2.45) is 0 Å². The van der Waals surface area contributed by atoms with Gasteiger partial charge in [0.1, 0.15) is 5.75 Å². The van der Waals surface area contributed by atoms with Crippen molar-refractivity contribution in [1.29, 1.82) is 0 Å². The number of alkyl halides is 2. The summed E-state index contributed by atoms with van der Waals surface area (Å²) in [6.45, 7) is -2.84. The van der Waals surface area contributed by atoms with Crippen molar-refractivity contribution >= 4 is 39.1 Å². The van der Waals surface area contributed by atoms with Gasteiger partial charge >= 0.3 is 6.61 Å². The molecule has 104 valence electrons. The minimum atomic E-state index is -2.84. The van der Waals surface area contributed by atoms with Crippen LogP contribution in [0.5, 0.6) is 5.75 Å². The molecule has 6 heteroatoms. The smallest absolute Gasteiger partial charge is 0.387 e. The van der Waals surface area contributed by atoms with E-state index in [1.165, 1.54) is 29.5 Å². The number of ether oxygens (including phenoxy) is 1. The molecule has 0 amide bonds. The van der Waals surface area contributed by atoms with E-state index >= 15 is 0 Å². The maximum absolute atomic E-state index is 12.0. The summed E-state index contributed by atoms with van der Waals surface area (Å²) in [4.78, 5) is 12.5. The van der Waals surface area contributed by atoms with Crippen LogP contribution in [0.15, 0.2) is 46.3 Å². The first-order valence-corrected chi connectivity index (χ1v) is 7.23. The maximum Gasteiger partial charge on any atom is 0.387 e. The van der Waals surface area contributed by atoms with Crippen LogP contribution >= 0.6 is 27.3 Å². The Balaban J connectivity index is 2.02.